The molecule has 0 heterocycles. The molecule has 1 unspecified atom stereocenters. The minimum atomic E-state index is -1.04. The molecule has 1 atom stereocenters. The number of anilines is 1. The number of hydrogen-bond acceptors (Lipinski definition) is 4. The van der Waals surface area contributed by atoms with Gasteiger partial charge in [-0.2, -0.15) is 0 Å². The summed E-state index contributed by atoms with van der Waals surface area (Å²) < 4.78 is 4.92. The van der Waals surface area contributed by atoms with Gasteiger partial charge in [0.2, 0.25) is 5.91 Å². The number of methoxy groups -OCH3 is 1. The van der Waals surface area contributed by atoms with E-state index in [2.05, 4.69) is 10.6 Å². The van der Waals surface area contributed by atoms with Crippen molar-refractivity contribution in [1.82, 2.24) is 5.32 Å². The number of fused-ring (bicyclic) bond motifs is 1. The van der Waals surface area contributed by atoms with Gasteiger partial charge >= 0.3 is 5.97 Å². The lowest BCUT2D eigenvalue weighted by molar-refractivity contribution is -0.141. The molecule has 0 saturated carbocycles. The van der Waals surface area contributed by atoms with Gasteiger partial charge in [0.1, 0.15) is 6.04 Å². The second-order valence-electron chi connectivity index (χ2n) is 5.47. The maximum absolute atomic E-state index is 12.2. The molecular weight excluding hydrogens is 308 g/mol. The lowest BCUT2D eigenvalue weighted by Gasteiger charge is -2.15. The number of rotatable bonds is 9. The van der Waals surface area contributed by atoms with E-state index in [9.17, 15) is 14.7 Å². The minimum Gasteiger partial charge on any atom is -0.480 e. The molecule has 6 nitrogen and oxygen atoms in total. The van der Waals surface area contributed by atoms with Crippen molar-refractivity contribution < 1.29 is 19.4 Å². The first-order valence-corrected chi connectivity index (χ1v) is 7.84. The summed E-state index contributed by atoms with van der Waals surface area (Å²) in [6.45, 7) is 1.02. The molecule has 128 valence electrons. The number of hydrogen-bond donors (Lipinski definition) is 3. The number of carboxylic acid groups (broad SMARTS) is 1. The summed E-state index contributed by atoms with van der Waals surface area (Å²) in [5.41, 5.74) is 0.682. The average molecular weight is 330 g/mol. The smallest absolute Gasteiger partial charge is 0.321 e. The van der Waals surface area contributed by atoms with Crippen LogP contribution in [-0.2, 0) is 14.3 Å². The molecule has 0 aliphatic heterocycles. The van der Waals surface area contributed by atoms with Crippen LogP contribution >= 0.6 is 0 Å². The topological polar surface area (TPSA) is 87.7 Å². The van der Waals surface area contributed by atoms with Gasteiger partial charge in [0, 0.05) is 24.8 Å². The summed E-state index contributed by atoms with van der Waals surface area (Å²) in [5, 5.41) is 16.9. The molecule has 0 aromatic heterocycles. The van der Waals surface area contributed by atoms with Crippen LogP contribution < -0.4 is 10.6 Å². The van der Waals surface area contributed by atoms with E-state index in [1.807, 2.05) is 42.5 Å². The first-order valence-electron chi connectivity index (χ1n) is 7.84. The highest BCUT2D eigenvalue weighted by atomic mass is 16.5. The predicted octanol–water partition coefficient (Wildman–Crippen LogP) is 2.25. The Balaban J connectivity index is 1.98. The van der Waals surface area contributed by atoms with Crippen LogP contribution in [0.25, 0.3) is 10.8 Å². The van der Waals surface area contributed by atoms with E-state index in [-0.39, 0.29) is 12.3 Å². The molecule has 2 aromatic carbocycles. The zero-order valence-corrected chi connectivity index (χ0v) is 13.6. The maximum atomic E-state index is 12.2. The van der Waals surface area contributed by atoms with Crippen molar-refractivity contribution in [1.29, 1.82) is 0 Å². The number of nitrogens with one attached hydrogen (secondary N) is 2. The van der Waals surface area contributed by atoms with Crippen LogP contribution in [0.1, 0.15) is 12.8 Å². The molecule has 0 aliphatic carbocycles. The Bertz CT molecular complexity index is 697. The number of amides is 1. The standard InChI is InChI=1S/C18H22N2O4/c1-24-11-5-10-19-16(18(22)23)12-17(21)20-15-9-4-7-13-6-2-3-8-14(13)15/h2-4,6-9,16,19H,5,10-12H2,1H3,(H,20,21)(H,22,23). The van der Waals surface area contributed by atoms with Crippen LogP contribution in [0.2, 0.25) is 0 Å². The Hall–Kier alpha value is -2.44. The first kappa shape index (κ1) is 17.9. The third kappa shape index (κ3) is 5.04. The van der Waals surface area contributed by atoms with Crippen LogP contribution in [0.5, 0.6) is 0 Å². The lowest BCUT2D eigenvalue weighted by Crippen LogP contribution is -2.40. The van der Waals surface area contributed by atoms with Crippen molar-refractivity contribution >= 4 is 28.3 Å². The number of ether oxygens (including phenoxy) is 1. The molecule has 2 rings (SSSR count). The van der Waals surface area contributed by atoms with E-state index in [1.165, 1.54) is 0 Å². The van der Waals surface area contributed by atoms with Gasteiger partial charge in [0.15, 0.2) is 0 Å². The van der Waals surface area contributed by atoms with Crippen LogP contribution in [0.15, 0.2) is 42.5 Å². The van der Waals surface area contributed by atoms with Crippen molar-refractivity contribution in [2.75, 3.05) is 25.6 Å². The zero-order valence-electron chi connectivity index (χ0n) is 13.6. The fourth-order valence-corrected chi connectivity index (χ4v) is 2.46. The molecular formula is C18H22N2O4. The van der Waals surface area contributed by atoms with Crippen molar-refractivity contribution in [3.63, 3.8) is 0 Å². The van der Waals surface area contributed by atoms with Gasteiger partial charge in [0.05, 0.1) is 6.42 Å². The normalized spacial score (nSPS) is 12.0. The molecule has 0 spiro atoms. The third-order valence-corrected chi connectivity index (χ3v) is 3.67. The average Bonchev–Trinajstić information content (AvgIpc) is 2.58. The van der Waals surface area contributed by atoms with Crippen LogP contribution in [0.3, 0.4) is 0 Å². The van der Waals surface area contributed by atoms with Gasteiger partial charge in [-0.05, 0) is 24.4 Å². The molecule has 0 bridgehead atoms. The Morgan fingerprint density at radius 2 is 1.92 bits per heavy atom. The number of benzene rings is 2. The van der Waals surface area contributed by atoms with E-state index in [0.717, 1.165) is 10.8 Å². The SMILES string of the molecule is COCCCNC(CC(=O)Nc1cccc2ccccc12)C(=O)O. The van der Waals surface area contributed by atoms with Crippen molar-refractivity contribution in [3.8, 4) is 0 Å². The van der Waals surface area contributed by atoms with E-state index in [1.54, 1.807) is 7.11 Å². The zero-order chi connectivity index (χ0) is 17.4. The van der Waals surface area contributed by atoms with E-state index in [0.29, 0.717) is 25.3 Å². The van der Waals surface area contributed by atoms with Gasteiger partial charge < -0.3 is 20.5 Å². The highest BCUT2D eigenvalue weighted by Gasteiger charge is 2.20. The van der Waals surface area contributed by atoms with Gasteiger partial charge in [-0.1, -0.05) is 36.4 Å². The largest absolute Gasteiger partial charge is 0.480 e. The first-order chi connectivity index (χ1) is 11.6. The molecule has 6 heteroatoms. The molecule has 24 heavy (non-hydrogen) atoms. The second kappa shape index (κ2) is 9.00. The highest BCUT2D eigenvalue weighted by molar-refractivity contribution is 6.03. The van der Waals surface area contributed by atoms with Crippen LogP contribution in [0.4, 0.5) is 5.69 Å². The van der Waals surface area contributed by atoms with Gasteiger partial charge in [-0.25, -0.2) is 0 Å². The quantitative estimate of drug-likeness (QED) is 0.614. The lowest BCUT2D eigenvalue weighted by atomic mass is 10.1. The summed E-state index contributed by atoms with van der Waals surface area (Å²) in [6, 6.07) is 12.4. The molecule has 0 fully saturated rings. The second-order valence-corrected chi connectivity index (χ2v) is 5.47. The summed E-state index contributed by atoms with van der Waals surface area (Å²) in [7, 11) is 1.59. The monoisotopic (exact) mass is 330 g/mol. The molecule has 0 radical (unpaired) electrons. The summed E-state index contributed by atoms with van der Waals surface area (Å²) in [4.78, 5) is 23.5. The molecule has 2 aromatic rings. The van der Waals surface area contributed by atoms with Gasteiger partial charge in [-0.3, -0.25) is 9.59 Å². The Kier molecular flexibility index (Phi) is 6.72. The fourth-order valence-electron chi connectivity index (χ4n) is 2.46. The highest BCUT2D eigenvalue weighted by Crippen LogP contribution is 2.23. The van der Waals surface area contributed by atoms with Crippen molar-refractivity contribution in [2.24, 2.45) is 0 Å². The van der Waals surface area contributed by atoms with E-state index < -0.39 is 12.0 Å². The maximum Gasteiger partial charge on any atom is 0.321 e. The molecule has 0 aliphatic rings. The Morgan fingerprint density at radius 3 is 2.67 bits per heavy atom. The van der Waals surface area contributed by atoms with Crippen molar-refractivity contribution in [2.45, 2.75) is 18.9 Å². The third-order valence-electron chi connectivity index (χ3n) is 3.67. The van der Waals surface area contributed by atoms with E-state index in [4.69, 9.17) is 4.74 Å². The summed E-state index contributed by atoms with van der Waals surface area (Å²) in [6.07, 6.45) is 0.552. The molecule has 1 amide bonds. The van der Waals surface area contributed by atoms with Gasteiger partial charge in [0.25, 0.3) is 0 Å². The number of carbonyl (C=O) groups is 2. The Labute approximate surface area is 140 Å². The number of carboxylic acids is 1. The fraction of sp³-hybridized carbons (Fsp3) is 0.333. The number of aliphatic carboxylic acids is 1. The minimum absolute atomic E-state index is 0.133. The summed E-state index contributed by atoms with van der Waals surface area (Å²) >= 11 is 0. The summed E-state index contributed by atoms with van der Waals surface area (Å²) in [5.74, 6) is -1.38. The number of carbonyl (C=O) groups excluding carboxylic acids is 1. The molecule has 3 N–H and O–H groups in total. The van der Waals surface area contributed by atoms with Crippen molar-refractivity contribution in [3.05, 3.63) is 42.5 Å². The van der Waals surface area contributed by atoms with Crippen LogP contribution in [0, 0.1) is 0 Å². The van der Waals surface area contributed by atoms with E-state index >= 15 is 0 Å². The predicted molar refractivity (Wildman–Crippen MR) is 93.1 cm³/mol. The Morgan fingerprint density at radius 1 is 1.17 bits per heavy atom. The molecule has 0 saturated heterocycles. The van der Waals surface area contributed by atoms with Gasteiger partial charge in [-0.15, -0.1) is 0 Å². The van der Waals surface area contributed by atoms with Crippen LogP contribution in [-0.4, -0.2) is 43.3 Å².